The minimum absolute atomic E-state index is 0.00190. The molecule has 0 radical (unpaired) electrons. The van der Waals surface area contributed by atoms with Gasteiger partial charge in [0.1, 0.15) is 5.52 Å². The van der Waals surface area contributed by atoms with Crippen LogP contribution in [-0.2, 0) is 4.79 Å². The van der Waals surface area contributed by atoms with E-state index < -0.39 is 0 Å². The van der Waals surface area contributed by atoms with Crippen molar-refractivity contribution in [1.82, 2.24) is 15.2 Å². The molecule has 3 aromatic rings. The average molecular weight is 446 g/mol. The SMILES string of the molecule is CN(C(=O)c1ccc(-c2nc3ccccc3o2)cc1)C1CCC(NC(=O)CC2CCCC2)C1. The van der Waals surface area contributed by atoms with Crippen LogP contribution in [0.2, 0.25) is 0 Å². The first-order valence-electron chi connectivity index (χ1n) is 12.1. The van der Waals surface area contributed by atoms with E-state index in [-0.39, 0.29) is 23.9 Å². The quantitative estimate of drug-likeness (QED) is 0.567. The van der Waals surface area contributed by atoms with Gasteiger partial charge in [-0.2, -0.15) is 0 Å². The Morgan fingerprint density at radius 3 is 2.55 bits per heavy atom. The summed E-state index contributed by atoms with van der Waals surface area (Å²) in [5, 5.41) is 3.21. The molecular weight excluding hydrogens is 414 g/mol. The molecule has 2 atom stereocenters. The number of aromatic nitrogens is 1. The van der Waals surface area contributed by atoms with E-state index in [1.807, 2.05) is 60.5 Å². The number of oxazole rings is 1. The molecule has 2 unspecified atom stereocenters. The zero-order valence-electron chi connectivity index (χ0n) is 19.1. The molecule has 1 N–H and O–H groups in total. The van der Waals surface area contributed by atoms with Gasteiger partial charge in [-0.05, 0) is 74.4 Å². The normalized spacial score (nSPS) is 20.9. The number of nitrogens with zero attached hydrogens (tertiary/aromatic N) is 2. The Kier molecular flexibility index (Phi) is 6.16. The van der Waals surface area contributed by atoms with Crippen LogP contribution < -0.4 is 5.32 Å². The molecule has 0 saturated heterocycles. The number of carbonyl (C=O) groups excluding carboxylic acids is 2. The van der Waals surface area contributed by atoms with Gasteiger partial charge in [0, 0.05) is 36.7 Å². The number of carbonyl (C=O) groups is 2. The molecule has 5 rings (SSSR count). The monoisotopic (exact) mass is 445 g/mol. The molecule has 2 amide bonds. The van der Waals surface area contributed by atoms with Gasteiger partial charge in [0.15, 0.2) is 5.58 Å². The second kappa shape index (κ2) is 9.38. The molecule has 1 aromatic heterocycles. The summed E-state index contributed by atoms with van der Waals surface area (Å²) in [6.07, 6.45) is 8.19. The van der Waals surface area contributed by atoms with E-state index in [1.165, 1.54) is 25.7 Å². The lowest BCUT2D eigenvalue weighted by Crippen LogP contribution is -2.38. The molecule has 2 fully saturated rings. The van der Waals surface area contributed by atoms with Gasteiger partial charge < -0.3 is 14.6 Å². The highest BCUT2D eigenvalue weighted by atomic mass is 16.3. The van der Waals surface area contributed by atoms with Crippen molar-refractivity contribution in [1.29, 1.82) is 0 Å². The second-order valence-electron chi connectivity index (χ2n) is 9.57. The number of nitrogens with one attached hydrogen (secondary N) is 1. The van der Waals surface area contributed by atoms with Crippen LogP contribution in [0, 0.1) is 5.92 Å². The Balaban J connectivity index is 1.17. The molecule has 6 nitrogen and oxygen atoms in total. The van der Waals surface area contributed by atoms with Gasteiger partial charge in [0.05, 0.1) is 0 Å². The number of fused-ring (bicyclic) bond motifs is 1. The zero-order valence-corrected chi connectivity index (χ0v) is 19.1. The van der Waals surface area contributed by atoms with Crippen molar-refractivity contribution in [2.45, 2.75) is 63.5 Å². The van der Waals surface area contributed by atoms with Crippen molar-refractivity contribution < 1.29 is 14.0 Å². The predicted molar refractivity (Wildman–Crippen MR) is 128 cm³/mol. The lowest BCUT2D eigenvalue weighted by Gasteiger charge is -2.25. The molecule has 33 heavy (non-hydrogen) atoms. The average Bonchev–Trinajstić information content (AvgIpc) is 3.59. The van der Waals surface area contributed by atoms with Crippen LogP contribution in [0.1, 0.15) is 61.7 Å². The van der Waals surface area contributed by atoms with Gasteiger partial charge >= 0.3 is 0 Å². The maximum atomic E-state index is 13.1. The molecule has 0 spiro atoms. The van der Waals surface area contributed by atoms with Crippen molar-refractivity contribution in [3.8, 4) is 11.5 Å². The number of rotatable bonds is 6. The zero-order chi connectivity index (χ0) is 22.8. The first-order valence-corrected chi connectivity index (χ1v) is 12.1. The summed E-state index contributed by atoms with van der Waals surface area (Å²) in [6, 6.07) is 15.4. The fourth-order valence-corrected chi connectivity index (χ4v) is 5.32. The molecule has 1 heterocycles. The van der Waals surface area contributed by atoms with Crippen LogP contribution in [0.15, 0.2) is 52.9 Å². The fraction of sp³-hybridized carbons (Fsp3) is 0.444. The number of hydrogen-bond acceptors (Lipinski definition) is 4. The Labute approximate surface area is 194 Å². The summed E-state index contributed by atoms with van der Waals surface area (Å²) >= 11 is 0. The van der Waals surface area contributed by atoms with Gasteiger partial charge in [0.25, 0.3) is 5.91 Å². The highest BCUT2D eigenvalue weighted by molar-refractivity contribution is 5.94. The molecule has 2 saturated carbocycles. The molecule has 172 valence electrons. The van der Waals surface area contributed by atoms with Crippen LogP contribution in [0.3, 0.4) is 0 Å². The third kappa shape index (κ3) is 4.80. The number of benzene rings is 2. The van der Waals surface area contributed by atoms with Crippen molar-refractivity contribution in [2.24, 2.45) is 5.92 Å². The largest absolute Gasteiger partial charge is 0.436 e. The Hall–Kier alpha value is -3.15. The molecule has 2 aromatic carbocycles. The smallest absolute Gasteiger partial charge is 0.253 e. The maximum absolute atomic E-state index is 13.1. The van der Waals surface area contributed by atoms with Crippen molar-refractivity contribution in [3.05, 3.63) is 54.1 Å². The summed E-state index contributed by atoms with van der Waals surface area (Å²) in [4.78, 5) is 31.8. The van der Waals surface area contributed by atoms with Gasteiger partial charge in [-0.3, -0.25) is 9.59 Å². The number of amides is 2. The molecule has 6 heteroatoms. The molecule has 0 bridgehead atoms. The molecule has 0 aliphatic heterocycles. The topological polar surface area (TPSA) is 75.4 Å². The van der Waals surface area contributed by atoms with E-state index in [0.29, 0.717) is 23.8 Å². The van der Waals surface area contributed by atoms with Crippen molar-refractivity contribution in [2.75, 3.05) is 7.05 Å². The minimum Gasteiger partial charge on any atom is -0.436 e. The van der Waals surface area contributed by atoms with Crippen molar-refractivity contribution in [3.63, 3.8) is 0 Å². The maximum Gasteiger partial charge on any atom is 0.253 e. The van der Waals surface area contributed by atoms with Gasteiger partial charge in [0.2, 0.25) is 11.8 Å². The molecule has 2 aliphatic rings. The summed E-state index contributed by atoms with van der Waals surface area (Å²) in [5.41, 5.74) is 3.06. The summed E-state index contributed by atoms with van der Waals surface area (Å²) in [6.45, 7) is 0. The van der Waals surface area contributed by atoms with E-state index in [2.05, 4.69) is 10.3 Å². The summed E-state index contributed by atoms with van der Waals surface area (Å²) in [7, 11) is 1.87. The lowest BCUT2D eigenvalue weighted by molar-refractivity contribution is -0.122. The summed E-state index contributed by atoms with van der Waals surface area (Å²) in [5.74, 6) is 1.29. The highest BCUT2D eigenvalue weighted by Gasteiger charge is 2.31. The van der Waals surface area contributed by atoms with E-state index in [9.17, 15) is 9.59 Å². The third-order valence-electron chi connectivity index (χ3n) is 7.26. The lowest BCUT2D eigenvalue weighted by atomic mass is 10.0. The van der Waals surface area contributed by atoms with E-state index in [1.54, 1.807) is 0 Å². The molecule has 2 aliphatic carbocycles. The predicted octanol–water partition coefficient (Wildman–Crippen LogP) is 5.18. The fourth-order valence-electron chi connectivity index (χ4n) is 5.32. The van der Waals surface area contributed by atoms with E-state index in [0.717, 1.165) is 35.9 Å². The van der Waals surface area contributed by atoms with E-state index in [4.69, 9.17) is 4.42 Å². The first-order chi connectivity index (χ1) is 16.1. The Morgan fingerprint density at radius 1 is 1.03 bits per heavy atom. The Morgan fingerprint density at radius 2 is 1.79 bits per heavy atom. The standard InChI is InChI=1S/C27H31N3O3/c1-30(22-15-14-21(17-22)28-25(31)16-18-6-2-3-7-18)27(32)20-12-10-19(11-13-20)26-29-23-8-4-5-9-24(23)33-26/h4-5,8-13,18,21-22H,2-3,6-7,14-17H2,1H3,(H,28,31). The van der Waals surface area contributed by atoms with Crippen LogP contribution in [-0.4, -0.2) is 40.8 Å². The first kappa shape index (κ1) is 21.7. The molecular formula is C27H31N3O3. The minimum atomic E-state index is 0.00190. The van der Waals surface area contributed by atoms with E-state index >= 15 is 0 Å². The number of hydrogen-bond donors (Lipinski definition) is 1. The van der Waals surface area contributed by atoms with Gasteiger partial charge in [-0.15, -0.1) is 0 Å². The third-order valence-corrected chi connectivity index (χ3v) is 7.26. The number of para-hydroxylation sites is 2. The second-order valence-corrected chi connectivity index (χ2v) is 9.57. The van der Waals surface area contributed by atoms with Crippen LogP contribution in [0.25, 0.3) is 22.6 Å². The van der Waals surface area contributed by atoms with Gasteiger partial charge in [-0.1, -0.05) is 25.0 Å². The van der Waals surface area contributed by atoms with Crippen molar-refractivity contribution >= 4 is 22.9 Å². The summed E-state index contributed by atoms with van der Waals surface area (Å²) < 4.78 is 5.83. The van der Waals surface area contributed by atoms with Crippen LogP contribution in [0.5, 0.6) is 0 Å². The Bertz CT molecular complexity index is 1100. The van der Waals surface area contributed by atoms with Gasteiger partial charge in [-0.25, -0.2) is 4.98 Å². The van der Waals surface area contributed by atoms with Crippen LogP contribution >= 0.6 is 0 Å². The van der Waals surface area contributed by atoms with Crippen LogP contribution in [0.4, 0.5) is 0 Å². The highest BCUT2D eigenvalue weighted by Crippen LogP contribution is 2.29.